The molecule has 1 aromatic heterocycles. The van der Waals surface area contributed by atoms with E-state index in [-0.39, 0.29) is 18.1 Å². The maximum atomic E-state index is 12.4. The molecule has 0 saturated heterocycles. The number of nitro groups is 1. The van der Waals surface area contributed by atoms with Crippen LogP contribution in [0.2, 0.25) is 0 Å². The first-order chi connectivity index (χ1) is 12.5. The molecule has 1 amide bonds. The Kier molecular flexibility index (Phi) is 4.70. The summed E-state index contributed by atoms with van der Waals surface area (Å²) in [5.41, 5.74) is 1.18. The Morgan fingerprint density at radius 3 is 2.69 bits per heavy atom. The van der Waals surface area contributed by atoms with E-state index in [2.05, 4.69) is 10.3 Å². The van der Waals surface area contributed by atoms with E-state index in [0.717, 1.165) is 0 Å². The van der Waals surface area contributed by atoms with Crippen LogP contribution in [0.15, 0.2) is 42.7 Å². The Labute approximate surface area is 148 Å². The molecule has 0 fully saturated rings. The van der Waals surface area contributed by atoms with Crippen LogP contribution in [0.4, 0.5) is 11.4 Å². The van der Waals surface area contributed by atoms with Crippen LogP contribution in [-0.2, 0) is 11.3 Å². The van der Waals surface area contributed by atoms with Crippen LogP contribution in [0.3, 0.4) is 0 Å². The molecule has 0 saturated carbocycles. The summed E-state index contributed by atoms with van der Waals surface area (Å²) in [6.07, 6.45) is 1.41. The van der Waals surface area contributed by atoms with Crippen molar-refractivity contribution in [2.45, 2.75) is 6.54 Å². The van der Waals surface area contributed by atoms with Gasteiger partial charge in [0.25, 0.3) is 5.69 Å². The van der Waals surface area contributed by atoms with E-state index in [1.165, 1.54) is 31.2 Å². The number of non-ortho nitro benzene ring substituents is 1. The van der Waals surface area contributed by atoms with E-state index in [4.69, 9.17) is 9.47 Å². The lowest BCUT2D eigenvalue weighted by molar-refractivity contribution is -0.383. The summed E-state index contributed by atoms with van der Waals surface area (Å²) in [4.78, 5) is 27.2. The molecule has 0 bridgehead atoms. The second-order valence-electron chi connectivity index (χ2n) is 5.39. The van der Waals surface area contributed by atoms with Gasteiger partial charge in [0, 0.05) is 17.8 Å². The fraction of sp³-hybridized carbons (Fsp3) is 0.176. The maximum Gasteiger partial charge on any atom is 0.295 e. The van der Waals surface area contributed by atoms with Crippen LogP contribution in [0, 0.1) is 10.1 Å². The van der Waals surface area contributed by atoms with Crippen molar-refractivity contribution in [3.8, 4) is 11.5 Å². The molecule has 0 aliphatic carbocycles. The molecule has 0 unspecified atom stereocenters. The van der Waals surface area contributed by atoms with Crippen molar-refractivity contribution < 1.29 is 19.2 Å². The van der Waals surface area contributed by atoms with E-state index in [9.17, 15) is 14.9 Å². The monoisotopic (exact) mass is 356 g/mol. The highest BCUT2D eigenvalue weighted by atomic mass is 16.6. The van der Waals surface area contributed by atoms with Gasteiger partial charge in [-0.25, -0.2) is 4.98 Å². The minimum Gasteiger partial charge on any atom is -0.493 e. The molecular weight excluding hydrogens is 340 g/mol. The third-order valence-corrected chi connectivity index (χ3v) is 3.79. The number of nitro benzene ring substituents is 1. The summed E-state index contributed by atoms with van der Waals surface area (Å²) in [7, 11) is 3.02. The van der Waals surface area contributed by atoms with Gasteiger partial charge in [-0.15, -0.1) is 0 Å². The van der Waals surface area contributed by atoms with Crippen LogP contribution in [0.1, 0.15) is 0 Å². The minimum absolute atomic E-state index is 0.0982. The number of methoxy groups -OCH3 is 2. The third kappa shape index (κ3) is 3.27. The summed E-state index contributed by atoms with van der Waals surface area (Å²) in [6.45, 7) is -0.115. The lowest BCUT2D eigenvalue weighted by Crippen LogP contribution is -2.18. The number of hydrogen-bond donors (Lipinski definition) is 1. The molecule has 26 heavy (non-hydrogen) atoms. The number of para-hydroxylation sites is 1. The van der Waals surface area contributed by atoms with E-state index in [0.29, 0.717) is 28.2 Å². The smallest absolute Gasteiger partial charge is 0.295 e. The van der Waals surface area contributed by atoms with Gasteiger partial charge >= 0.3 is 0 Å². The number of nitrogens with one attached hydrogen (secondary N) is 1. The molecule has 0 spiro atoms. The number of rotatable bonds is 6. The van der Waals surface area contributed by atoms with E-state index in [1.54, 1.807) is 30.3 Å². The zero-order valence-electron chi connectivity index (χ0n) is 14.1. The largest absolute Gasteiger partial charge is 0.493 e. The minimum atomic E-state index is -0.493. The van der Waals surface area contributed by atoms with E-state index >= 15 is 0 Å². The molecule has 134 valence electrons. The zero-order chi connectivity index (χ0) is 18.7. The Morgan fingerprint density at radius 2 is 2.00 bits per heavy atom. The number of benzene rings is 2. The molecule has 3 rings (SSSR count). The van der Waals surface area contributed by atoms with E-state index < -0.39 is 4.92 Å². The van der Waals surface area contributed by atoms with Crippen LogP contribution in [-0.4, -0.2) is 34.6 Å². The number of hydrogen-bond acceptors (Lipinski definition) is 6. The van der Waals surface area contributed by atoms with Crippen molar-refractivity contribution in [1.82, 2.24) is 9.55 Å². The summed E-state index contributed by atoms with van der Waals surface area (Å²) in [5, 5.41) is 13.9. The van der Waals surface area contributed by atoms with Crippen molar-refractivity contribution in [3.05, 3.63) is 52.8 Å². The van der Waals surface area contributed by atoms with Crippen molar-refractivity contribution in [3.63, 3.8) is 0 Å². The first kappa shape index (κ1) is 17.2. The van der Waals surface area contributed by atoms with Crippen molar-refractivity contribution in [2.75, 3.05) is 19.5 Å². The van der Waals surface area contributed by atoms with Crippen LogP contribution in [0.25, 0.3) is 11.0 Å². The van der Waals surface area contributed by atoms with E-state index in [1.807, 2.05) is 0 Å². The molecule has 1 heterocycles. The fourth-order valence-electron chi connectivity index (χ4n) is 2.64. The standard InChI is InChI=1S/C17H16N4O5/c1-25-14-7-6-11(8-15(14)26-2)19-16(22)9-20-10-18-12-4-3-5-13(17(12)20)21(23)24/h3-8,10H,9H2,1-2H3,(H,19,22). The van der Waals surface area contributed by atoms with Gasteiger partial charge in [-0.05, 0) is 18.2 Å². The second kappa shape index (κ2) is 7.09. The molecule has 2 aromatic carbocycles. The van der Waals surface area contributed by atoms with Gasteiger partial charge in [-0.2, -0.15) is 0 Å². The molecular formula is C17H16N4O5. The van der Waals surface area contributed by atoms with Crippen molar-refractivity contribution >= 4 is 28.3 Å². The van der Waals surface area contributed by atoms with Gasteiger partial charge in [-0.1, -0.05) is 6.07 Å². The molecule has 0 aliphatic heterocycles. The summed E-state index contributed by atoms with van der Waals surface area (Å²) in [6, 6.07) is 9.57. The van der Waals surface area contributed by atoms with Gasteiger partial charge in [0.05, 0.1) is 31.0 Å². The SMILES string of the molecule is COc1ccc(NC(=O)Cn2cnc3cccc([N+](=O)[O-])c32)cc1OC. The van der Waals surface area contributed by atoms with Crippen LogP contribution < -0.4 is 14.8 Å². The highest BCUT2D eigenvalue weighted by molar-refractivity contribution is 5.93. The Morgan fingerprint density at radius 1 is 1.23 bits per heavy atom. The van der Waals surface area contributed by atoms with Crippen LogP contribution in [0.5, 0.6) is 11.5 Å². The third-order valence-electron chi connectivity index (χ3n) is 3.79. The number of amides is 1. The van der Waals surface area contributed by atoms with Gasteiger partial charge in [0.15, 0.2) is 11.5 Å². The first-order valence-corrected chi connectivity index (χ1v) is 7.63. The fourth-order valence-corrected chi connectivity index (χ4v) is 2.64. The number of aromatic nitrogens is 2. The number of carbonyl (C=O) groups excluding carboxylic acids is 1. The van der Waals surface area contributed by atoms with Gasteiger partial charge in [0.1, 0.15) is 12.1 Å². The predicted molar refractivity (Wildman–Crippen MR) is 94.6 cm³/mol. The highest BCUT2D eigenvalue weighted by Crippen LogP contribution is 2.30. The number of imidazole rings is 1. The molecule has 9 heteroatoms. The maximum absolute atomic E-state index is 12.4. The molecule has 0 atom stereocenters. The number of anilines is 1. The molecule has 1 N–H and O–H groups in total. The first-order valence-electron chi connectivity index (χ1n) is 7.63. The number of carbonyl (C=O) groups is 1. The molecule has 0 radical (unpaired) electrons. The average molecular weight is 356 g/mol. The predicted octanol–water partition coefficient (Wildman–Crippen LogP) is 2.60. The van der Waals surface area contributed by atoms with Crippen molar-refractivity contribution in [2.24, 2.45) is 0 Å². The van der Waals surface area contributed by atoms with Gasteiger partial charge < -0.3 is 19.4 Å². The Hall–Kier alpha value is -3.62. The lowest BCUT2D eigenvalue weighted by atomic mass is 10.2. The highest BCUT2D eigenvalue weighted by Gasteiger charge is 2.18. The Bertz CT molecular complexity index is 982. The summed E-state index contributed by atoms with van der Waals surface area (Å²) >= 11 is 0. The second-order valence-corrected chi connectivity index (χ2v) is 5.39. The molecule has 3 aromatic rings. The quantitative estimate of drug-likeness (QED) is 0.537. The van der Waals surface area contributed by atoms with Crippen LogP contribution >= 0.6 is 0 Å². The Balaban J connectivity index is 1.83. The molecule has 0 aliphatic rings. The average Bonchev–Trinajstić information content (AvgIpc) is 3.04. The lowest BCUT2D eigenvalue weighted by Gasteiger charge is -2.11. The topological polar surface area (TPSA) is 109 Å². The summed E-state index contributed by atoms with van der Waals surface area (Å²) in [5.74, 6) is 0.672. The summed E-state index contributed by atoms with van der Waals surface area (Å²) < 4.78 is 11.8. The zero-order valence-corrected chi connectivity index (χ0v) is 14.1. The van der Waals surface area contributed by atoms with Gasteiger partial charge in [-0.3, -0.25) is 14.9 Å². The van der Waals surface area contributed by atoms with Gasteiger partial charge in [0.2, 0.25) is 5.91 Å². The number of fused-ring (bicyclic) bond motifs is 1. The molecule has 9 nitrogen and oxygen atoms in total. The number of ether oxygens (including phenoxy) is 2. The normalized spacial score (nSPS) is 10.5. The number of nitrogens with zero attached hydrogens (tertiary/aromatic N) is 3. The van der Waals surface area contributed by atoms with Crippen molar-refractivity contribution in [1.29, 1.82) is 0 Å².